The summed E-state index contributed by atoms with van der Waals surface area (Å²) in [5, 5.41) is 8.62. The van der Waals surface area contributed by atoms with E-state index in [1.165, 1.54) is 12.1 Å². The predicted octanol–water partition coefficient (Wildman–Crippen LogP) is 2.50. The zero-order valence-corrected chi connectivity index (χ0v) is 8.13. The van der Waals surface area contributed by atoms with Gasteiger partial charge in [-0.05, 0) is 24.1 Å². The zero-order valence-electron chi connectivity index (χ0n) is 8.13. The summed E-state index contributed by atoms with van der Waals surface area (Å²) in [5.74, 6) is -0.486. The Hall–Kier alpha value is -1.40. The van der Waals surface area contributed by atoms with Crippen molar-refractivity contribution in [3.63, 3.8) is 0 Å². The smallest absolute Gasteiger partial charge is 0.140 e. The molecule has 0 bridgehead atoms. The van der Waals surface area contributed by atoms with E-state index in [0.717, 1.165) is 18.4 Å². The molecular weight excluding hydrogens is 179 g/mol. The Labute approximate surface area is 83.2 Å². The first-order chi connectivity index (χ1) is 6.69. The van der Waals surface area contributed by atoms with Gasteiger partial charge in [0.15, 0.2) is 0 Å². The molecule has 0 fully saturated rings. The highest BCUT2D eigenvalue weighted by molar-refractivity contribution is 5.35. The Morgan fingerprint density at radius 2 is 2.29 bits per heavy atom. The highest BCUT2D eigenvalue weighted by atomic mass is 19.1. The molecule has 0 saturated carbocycles. The maximum absolute atomic E-state index is 13.0. The van der Waals surface area contributed by atoms with Crippen molar-refractivity contribution >= 4 is 0 Å². The fourth-order valence-electron chi connectivity index (χ4n) is 1.34. The molecule has 0 spiro atoms. The van der Waals surface area contributed by atoms with Crippen LogP contribution in [0.3, 0.4) is 0 Å². The van der Waals surface area contributed by atoms with Crippen LogP contribution in [0.5, 0.6) is 0 Å². The largest absolute Gasteiger partial charge is 0.324 e. The Kier molecular flexibility index (Phi) is 3.61. The number of rotatable bonds is 3. The van der Waals surface area contributed by atoms with Crippen molar-refractivity contribution in [1.29, 1.82) is 5.26 Å². The second-order valence-electron chi connectivity index (χ2n) is 3.25. The molecule has 2 N–H and O–H groups in total. The standard InChI is InChI=1S/C11H13FN2/c1-2-3-11(14)8-4-5-10(12)9(6-8)7-13/h4-6,11H,2-3,14H2,1H3/t11-/m1/s1. The van der Waals surface area contributed by atoms with Gasteiger partial charge in [0.05, 0.1) is 5.56 Å². The molecule has 1 rings (SSSR count). The average Bonchev–Trinajstić information content (AvgIpc) is 2.19. The van der Waals surface area contributed by atoms with E-state index < -0.39 is 5.82 Å². The molecular formula is C11H13FN2. The minimum Gasteiger partial charge on any atom is -0.324 e. The number of nitriles is 1. The van der Waals surface area contributed by atoms with Crippen LogP contribution >= 0.6 is 0 Å². The van der Waals surface area contributed by atoms with Gasteiger partial charge in [0, 0.05) is 6.04 Å². The van der Waals surface area contributed by atoms with Crippen LogP contribution in [0.4, 0.5) is 4.39 Å². The van der Waals surface area contributed by atoms with Crippen molar-refractivity contribution in [3.05, 3.63) is 35.1 Å². The lowest BCUT2D eigenvalue weighted by Crippen LogP contribution is -2.10. The van der Waals surface area contributed by atoms with E-state index in [0.29, 0.717) is 0 Å². The molecule has 0 unspecified atom stereocenters. The van der Waals surface area contributed by atoms with E-state index in [1.807, 2.05) is 6.92 Å². The summed E-state index contributed by atoms with van der Waals surface area (Å²) in [7, 11) is 0. The molecule has 0 aromatic heterocycles. The minimum atomic E-state index is -0.486. The third-order valence-corrected chi connectivity index (χ3v) is 2.14. The molecule has 14 heavy (non-hydrogen) atoms. The first kappa shape index (κ1) is 10.7. The molecule has 2 nitrogen and oxygen atoms in total. The van der Waals surface area contributed by atoms with Crippen LogP contribution in [-0.2, 0) is 0 Å². The molecule has 3 heteroatoms. The fraction of sp³-hybridized carbons (Fsp3) is 0.364. The fourth-order valence-corrected chi connectivity index (χ4v) is 1.34. The van der Waals surface area contributed by atoms with Gasteiger partial charge in [0.1, 0.15) is 11.9 Å². The van der Waals surface area contributed by atoms with Crippen molar-refractivity contribution in [2.24, 2.45) is 5.73 Å². The second kappa shape index (κ2) is 4.73. The van der Waals surface area contributed by atoms with E-state index in [2.05, 4.69) is 0 Å². The molecule has 0 radical (unpaired) electrons. The summed E-state index contributed by atoms with van der Waals surface area (Å²) in [6, 6.07) is 6.15. The number of nitrogens with zero attached hydrogens (tertiary/aromatic N) is 1. The second-order valence-corrected chi connectivity index (χ2v) is 3.25. The number of benzene rings is 1. The van der Waals surface area contributed by atoms with Gasteiger partial charge in [0.25, 0.3) is 0 Å². The van der Waals surface area contributed by atoms with Gasteiger partial charge in [-0.3, -0.25) is 0 Å². The molecule has 0 aliphatic carbocycles. The number of hydrogen-bond acceptors (Lipinski definition) is 2. The van der Waals surface area contributed by atoms with Gasteiger partial charge in [-0.2, -0.15) is 5.26 Å². The third-order valence-electron chi connectivity index (χ3n) is 2.14. The maximum Gasteiger partial charge on any atom is 0.140 e. The lowest BCUT2D eigenvalue weighted by atomic mass is 10.0. The topological polar surface area (TPSA) is 49.8 Å². The van der Waals surface area contributed by atoms with E-state index in [9.17, 15) is 4.39 Å². The molecule has 0 amide bonds. The van der Waals surface area contributed by atoms with Crippen LogP contribution in [0.25, 0.3) is 0 Å². The lowest BCUT2D eigenvalue weighted by molar-refractivity contribution is 0.613. The molecule has 0 aliphatic heterocycles. The Morgan fingerprint density at radius 1 is 1.57 bits per heavy atom. The minimum absolute atomic E-state index is 0.0639. The molecule has 1 aromatic rings. The predicted molar refractivity (Wildman–Crippen MR) is 53.0 cm³/mol. The highest BCUT2D eigenvalue weighted by Gasteiger charge is 2.08. The average molecular weight is 192 g/mol. The van der Waals surface area contributed by atoms with Crippen LogP contribution < -0.4 is 5.73 Å². The summed E-state index contributed by atoms with van der Waals surface area (Å²) in [5.41, 5.74) is 6.74. The maximum atomic E-state index is 13.0. The van der Waals surface area contributed by atoms with Gasteiger partial charge in [-0.15, -0.1) is 0 Å². The van der Waals surface area contributed by atoms with E-state index >= 15 is 0 Å². The normalized spacial score (nSPS) is 12.1. The Bertz CT molecular complexity index is 355. The van der Waals surface area contributed by atoms with Crippen molar-refractivity contribution in [2.75, 3.05) is 0 Å². The van der Waals surface area contributed by atoms with Crippen LogP contribution in [0.15, 0.2) is 18.2 Å². The van der Waals surface area contributed by atoms with Crippen molar-refractivity contribution < 1.29 is 4.39 Å². The molecule has 0 heterocycles. The highest BCUT2D eigenvalue weighted by Crippen LogP contribution is 2.18. The summed E-state index contributed by atoms with van der Waals surface area (Å²) < 4.78 is 13.0. The van der Waals surface area contributed by atoms with Gasteiger partial charge in [0.2, 0.25) is 0 Å². The van der Waals surface area contributed by atoms with Crippen molar-refractivity contribution in [2.45, 2.75) is 25.8 Å². The zero-order chi connectivity index (χ0) is 10.6. The quantitative estimate of drug-likeness (QED) is 0.799. The summed E-state index contributed by atoms with van der Waals surface area (Å²) in [6.07, 6.45) is 1.82. The molecule has 0 saturated heterocycles. The van der Waals surface area contributed by atoms with Crippen LogP contribution in [0, 0.1) is 17.1 Å². The first-order valence-electron chi connectivity index (χ1n) is 4.64. The number of hydrogen-bond donors (Lipinski definition) is 1. The molecule has 1 atom stereocenters. The van der Waals surface area contributed by atoms with Gasteiger partial charge >= 0.3 is 0 Å². The first-order valence-corrected chi connectivity index (χ1v) is 4.64. The molecule has 0 aliphatic rings. The monoisotopic (exact) mass is 192 g/mol. The van der Waals surface area contributed by atoms with Crippen LogP contribution in [-0.4, -0.2) is 0 Å². The SMILES string of the molecule is CCC[C@@H](N)c1ccc(F)c(C#N)c1. The Morgan fingerprint density at radius 3 is 2.86 bits per heavy atom. The number of nitrogens with two attached hydrogens (primary N) is 1. The summed E-state index contributed by atoms with van der Waals surface area (Å²) >= 11 is 0. The van der Waals surface area contributed by atoms with E-state index in [4.69, 9.17) is 11.0 Å². The van der Waals surface area contributed by atoms with E-state index in [1.54, 1.807) is 12.1 Å². The van der Waals surface area contributed by atoms with Gasteiger partial charge in [-0.25, -0.2) is 4.39 Å². The van der Waals surface area contributed by atoms with Crippen molar-refractivity contribution in [3.8, 4) is 6.07 Å². The van der Waals surface area contributed by atoms with E-state index in [-0.39, 0.29) is 11.6 Å². The van der Waals surface area contributed by atoms with Crippen LogP contribution in [0.2, 0.25) is 0 Å². The summed E-state index contributed by atoms with van der Waals surface area (Å²) in [4.78, 5) is 0. The number of halogens is 1. The van der Waals surface area contributed by atoms with Crippen molar-refractivity contribution in [1.82, 2.24) is 0 Å². The van der Waals surface area contributed by atoms with Crippen LogP contribution in [0.1, 0.15) is 36.9 Å². The Balaban J connectivity index is 2.95. The molecule has 1 aromatic carbocycles. The van der Waals surface area contributed by atoms with Gasteiger partial charge in [-0.1, -0.05) is 19.4 Å². The third kappa shape index (κ3) is 2.30. The summed E-state index contributed by atoms with van der Waals surface area (Å²) in [6.45, 7) is 2.04. The van der Waals surface area contributed by atoms with Gasteiger partial charge < -0.3 is 5.73 Å². The lowest BCUT2D eigenvalue weighted by Gasteiger charge is -2.10. The molecule has 74 valence electrons.